The number of allylic oxidation sites excluding steroid dienone is 1. The van der Waals surface area contributed by atoms with Gasteiger partial charge in [0.25, 0.3) is 0 Å². The van der Waals surface area contributed by atoms with E-state index in [0.717, 1.165) is 33.9 Å². The Bertz CT molecular complexity index is 1160. The molecule has 0 saturated heterocycles. The van der Waals surface area contributed by atoms with Crippen LogP contribution in [0.15, 0.2) is 58.9 Å². The molecule has 2 aliphatic rings. The van der Waals surface area contributed by atoms with Crippen LogP contribution >= 0.6 is 0 Å². The van der Waals surface area contributed by atoms with E-state index in [9.17, 15) is 4.79 Å². The van der Waals surface area contributed by atoms with Gasteiger partial charge < -0.3 is 18.8 Å². The Labute approximate surface area is 181 Å². The van der Waals surface area contributed by atoms with E-state index in [2.05, 4.69) is 4.90 Å². The fourth-order valence-corrected chi connectivity index (χ4v) is 4.04. The molecule has 0 amide bonds. The zero-order chi connectivity index (χ0) is 21.5. The number of anilines is 1. The van der Waals surface area contributed by atoms with Crippen molar-refractivity contribution in [2.45, 2.75) is 20.0 Å². The lowest BCUT2D eigenvalue weighted by Gasteiger charge is -2.29. The van der Waals surface area contributed by atoms with Gasteiger partial charge in [-0.2, -0.15) is 0 Å². The summed E-state index contributed by atoms with van der Waals surface area (Å²) >= 11 is 0. The number of ketones is 1. The quantitative estimate of drug-likeness (QED) is 0.579. The van der Waals surface area contributed by atoms with Crippen LogP contribution in [0.5, 0.6) is 11.5 Å². The van der Waals surface area contributed by atoms with Crippen molar-refractivity contribution in [2.75, 3.05) is 25.7 Å². The molecule has 3 heterocycles. The van der Waals surface area contributed by atoms with Crippen LogP contribution in [0.4, 0.5) is 5.69 Å². The first-order valence-electron chi connectivity index (χ1n) is 10.3. The molecule has 6 nitrogen and oxygen atoms in total. The van der Waals surface area contributed by atoms with E-state index in [1.807, 2.05) is 68.4 Å². The minimum atomic E-state index is -0.0965. The average Bonchev–Trinajstić information content (AvgIpc) is 3.38. The van der Waals surface area contributed by atoms with E-state index < -0.39 is 0 Å². The van der Waals surface area contributed by atoms with Gasteiger partial charge >= 0.3 is 0 Å². The summed E-state index contributed by atoms with van der Waals surface area (Å²) in [7, 11) is 3.99. The van der Waals surface area contributed by atoms with Crippen LogP contribution in [-0.2, 0) is 13.1 Å². The van der Waals surface area contributed by atoms with Crippen LogP contribution < -0.4 is 14.4 Å². The Balaban J connectivity index is 1.41. The number of ether oxygens (including phenoxy) is 2. The molecule has 0 bridgehead atoms. The molecular weight excluding hydrogens is 392 g/mol. The van der Waals surface area contributed by atoms with Gasteiger partial charge in [-0.1, -0.05) is 12.1 Å². The second-order valence-electron chi connectivity index (χ2n) is 8.13. The first-order chi connectivity index (χ1) is 15.0. The Morgan fingerprint density at radius 2 is 1.94 bits per heavy atom. The standard InChI is InChI=1S/C25H24N2O4/c1-16-24-18(13-27(15-30-24)14-20-5-4-10-29-20)12-21-23(28)22(31-25(16)21)11-17-6-8-19(9-7-17)26(2)3/h4-12H,13-15H2,1-3H3/b22-11-. The molecule has 158 valence electrons. The lowest BCUT2D eigenvalue weighted by molar-refractivity contribution is 0.0813. The van der Waals surface area contributed by atoms with Crippen LogP contribution in [-0.4, -0.2) is 31.5 Å². The molecule has 0 unspecified atom stereocenters. The van der Waals surface area contributed by atoms with Crippen LogP contribution in [0, 0.1) is 6.92 Å². The van der Waals surface area contributed by atoms with E-state index in [1.54, 1.807) is 12.3 Å². The molecule has 5 rings (SSSR count). The normalized spacial score (nSPS) is 16.6. The molecule has 0 N–H and O–H groups in total. The summed E-state index contributed by atoms with van der Waals surface area (Å²) < 4.78 is 17.5. The van der Waals surface area contributed by atoms with Gasteiger partial charge in [-0.15, -0.1) is 0 Å². The number of fused-ring (bicyclic) bond motifs is 2. The Hall–Kier alpha value is -3.51. The molecule has 0 saturated carbocycles. The van der Waals surface area contributed by atoms with Gasteiger partial charge in [-0.05, 0) is 48.9 Å². The predicted molar refractivity (Wildman–Crippen MR) is 118 cm³/mol. The van der Waals surface area contributed by atoms with E-state index in [0.29, 0.717) is 36.9 Å². The summed E-state index contributed by atoms with van der Waals surface area (Å²) in [5.41, 5.74) is 4.47. The molecule has 3 aromatic rings. The third kappa shape index (κ3) is 3.59. The summed E-state index contributed by atoms with van der Waals surface area (Å²) in [5.74, 6) is 2.53. The Kier molecular flexibility index (Phi) is 4.79. The van der Waals surface area contributed by atoms with Crippen LogP contribution in [0.2, 0.25) is 0 Å². The number of hydrogen-bond acceptors (Lipinski definition) is 6. The lowest BCUT2D eigenvalue weighted by atomic mass is 10.00. The van der Waals surface area contributed by atoms with Crippen molar-refractivity contribution in [2.24, 2.45) is 0 Å². The van der Waals surface area contributed by atoms with Crippen molar-refractivity contribution in [1.29, 1.82) is 0 Å². The third-order valence-electron chi connectivity index (χ3n) is 5.67. The first kappa shape index (κ1) is 19.5. The third-order valence-corrected chi connectivity index (χ3v) is 5.67. The van der Waals surface area contributed by atoms with Gasteiger partial charge in [0.1, 0.15) is 24.0 Å². The minimum Gasteiger partial charge on any atom is -0.477 e. The van der Waals surface area contributed by atoms with E-state index in [1.165, 1.54) is 0 Å². The number of benzene rings is 2. The van der Waals surface area contributed by atoms with E-state index in [-0.39, 0.29) is 5.78 Å². The van der Waals surface area contributed by atoms with Gasteiger partial charge in [0.15, 0.2) is 5.76 Å². The molecule has 1 aromatic heterocycles. The monoisotopic (exact) mass is 416 g/mol. The molecule has 31 heavy (non-hydrogen) atoms. The Morgan fingerprint density at radius 3 is 2.65 bits per heavy atom. The van der Waals surface area contributed by atoms with E-state index >= 15 is 0 Å². The van der Waals surface area contributed by atoms with Crippen molar-refractivity contribution < 1.29 is 18.7 Å². The fraction of sp³-hybridized carbons (Fsp3) is 0.240. The second-order valence-corrected chi connectivity index (χ2v) is 8.13. The number of carbonyl (C=O) groups is 1. The number of rotatable bonds is 4. The summed E-state index contributed by atoms with van der Waals surface area (Å²) in [5, 5.41) is 0. The molecule has 6 heteroatoms. The fourth-order valence-electron chi connectivity index (χ4n) is 4.04. The maximum atomic E-state index is 13.1. The van der Waals surface area contributed by atoms with Crippen molar-refractivity contribution in [3.05, 3.63) is 82.5 Å². The zero-order valence-electron chi connectivity index (χ0n) is 17.8. The molecule has 0 aliphatic carbocycles. The molecule has 0 radical (unpaired) electrons. The number of carbonyl (C=O) groups excluding carboxylic acids is 1. The number of furan rings is 1. The van der Waals surface area contributed by atoms with Crippen LogP contribution in [0.25, 0.3) is 6.08 Å². The lowest BCUT2D eigenvalue weighted by Crippen LogP contribution is -2.31. The molecular formula is C25H24N2O4. The number of hydrogen-bond donors (Lipinski definition) is 0. The Morgan fingerprint density at radius 1 is 1.13 bits per heavy atom. The predicted octanol–water partition coefficient (Wildman–Crippen LogP) is 4.62. The molecule has 2 aliphatic heterocycles. The summed E-state index contributed by atoms with van der Waals surface area (Å²) in [6, 6.07) is 13.7. The van der Waals surface area contributed by atoms with E-state index in [4.69, 9.17) is 13.9 Å². The SMILES string of the molecule is Cc1c2c(cc3c1O/C(=C\c1ccc(N(C)C)cc1)C3=O)CN(Cc1ccco1)CO2. The van der Waals surface area contributed by atoms with Crippen LogP contribution in [0.3, 0.4) is 0 Å². The first-order valence-corrected chi connectivity index (χ1v) is 10.3. The highest BCUT2D eigenvalue weighted by atomic mass is 16.5. The van der Waals surface area contributed by atoms with Gasteiger partial charge in [0, 0.05) is 37.5 Å². The maximum absolute atomic E-state index is 13.1. The smallest absolute Gasteiger partial charge is 0.231 e. The zero-order valence-corrected chi connectivity index (χ0v) is 17.8. The number of Topliss-reactive ketones (excluding diaryl/α,β-unsaturated/α-hetero) is 1. The maximum Gasteiger partial charge on any atom is 0.231 e. The van der Waals surface area contributed by atoms with Crippen molar-refractivity contribution in [3.8, 4) is 11.5 Å². The van der Waals surface area contributed by atoms with Gasteiger partial charge in [0.2, 0.25) is 5.78 Å². The van der Waals surface area contributed by atoms with Crippen molar-refractivity contribution >= 4 is 17.5 Å². The molecule has 0 fully saturated rings. The summed E-state index contributed by atoms with van der Waals surface area (Å²) in [6.45, 7) is 3.74. The van der Waals surface area contributed by atoms with Crippen LogP contribution in [0.1, 0.15) is 32.8 Å². The summed E-state index contributed by atoms with van der Waals surface area (Å²) in [6.07, 6.45) is 3.47. The molecule has 0 spiro atoms. The highest BCUT2D eigenvalue weighted by molar-refractivity contribution is 6.15. The second kappa shape index (κ2) is 7.63. The average molecular weight is 416 g/mol. The van der Waals surface area contributed by atoms with Crippen molar-refractivity contribution in [3.63, 3.8) is 0 Å². The van der Waals surface area contributed by atoms with Gasteiger partial charge in [0.05, 0.1) is 18.4 Å². The van der Waals surface area contributed by atoms with Crippen molar-refractivity contribution in [1.82, 2.24) is 4.90 Å². The molecule has 2 aromatic carbocycles. The van der Waals surface area contributed by atoms with Gasteiger partial charge in [-0.3, -0.25) is 9.69 Å². The van der Waals surface area contributed by atoms with Gasteiger partial charge in [-0.25, -0.2) is 0 Å². The molecule has 0 atom stereocenters. The largest absolute Gasteiger partial charge is 0.477 e. The number of nitrogens with zero attached hydrogens (tertiary/aromatic N) is 2. The summed E-state index contributed by atoms with van der Waals surface area (Å²) in [4.78, 5) is 17.3. The topological polar surface area (TPSA) is 55.2 Å². The highest BCUT2D eigenvalue weighted by Gasteiger charge is 2.33. The minimum absolute atomic E-state index is 0.0965. The highest BCUT2D eigenvalue weighted by Crippen LogP contribution is 2.43.